The smallest absolute Gasteiger partial charge is 0.332 e. The van der Waals surface area contributed by atoms with Gasteiger partial charge >= 0.3 is 5.69 Å². The first-order chi connectivity index (χ1) is 16.0. The van der Waals surface area contributed by atoms with Gasteiger partial charge in [-0.2, -0.15) is 4.98 Å². The van der Waals surface area contributed by atoms with E-state index in [2.05, 4.69) is 18.7 Å². The highest BCUT2D eigenvalue weighted by atomic mass is 16.5. The Morgan fingerprint density at radius 3 is 2.45 bits per heavy atom. The molecule has 178 valence electrons. The predicted octanol–water partition coefficient (Wildman–Crippen LogP) is 4.05. The molecule has 1 aliphatic rings. The summed E-state index contributed by atoms with van der Waals surface area (Å²) in [6.07, 6.45) is 5.33. The van der Waals surface area contributed by atoms with Crippen LogP contribution < -0.4 is 20.9 Å². The number of ether oxygens (including phenoxy) is 1. The van der Waals surface area contributed by atoms with Crippen molar-refractivity contribution in [2.75, 3.05) is 18.1 Å². The number of fused-ring (bicyclic) bond motifs is 3. The van der Waals surface area contributed by atoms with Crippen LogP contribution in [0.1, 0.15) is 52.9 Å². The summed E-state index contributed by atoms with van der Waals surface area (Å²) in [5.41, 5.74) is 1.43. The molecular weight excluding hydrogens is 418 g/mol. The summed E-state index contributed by atoms with van der Waals surface area (Å²) in [6, 6.07) is 7.93. The van der Waals surface area contributed by atoms with Gasteiger partial charge in [0.15, 0.2) is 11.2 Å². The van der Waals surface area contributed by atoms with Gasteiger partial charge < -0.3 is 14.2 Å². The minimum Gasteiger partial charge on any atom is -0.494 e. The average Bonchev–Trinajstić information content (AvgIpc) is 3.19. The van der Waals surface area contributed by atoms with Crippen molar-refractivity contribution in [3.8, 4) is 5.75 Å². The molecule has 1 aromatic carbocycles. The molecule has 1 atom stereocenters. The molecule has 0 amide bonds. The summed E-state index contributed by atoms with van der Waals surface area (Å²) >= 11 is 0. The largest absolute Gasteiger partial charge is 0.494 e. The Morgan fingerprint density at radius 1 is 1.03 bits per heavy atom. The van der Waals surface area contributed by atoms with Crippen LogP contribution in [-0.2, 0) is 20.1 Å². The van der Waals surface area contributed by atoms with Crippen LogP contribution in [0, 0.1) is 5.92 Å². The molecule has 0 aliphatic carbocycles. The van der Waals surface area contributed by atoms with E-state index >= 15 is 0 Å². The molecule has 0 spiro atoms. The van der Waals surface area contributed by atoms with Gasteiger partial charge in [0.2, 0.25) is 5.95 Å². The molecule has 8 nitrogen and oxygen atoms in total. The molecule has 0 bridgehead atoms. The highest BCUT2D eigenvalue weighted by Crippen LogP contribution is 2.33. The van der Waals surface area contributed by atoms with Crippen molar-refractivity contribution in [1.29, 1.82) is 0 Å². The normalized spacial score (nSPS) is 15.8. The van der Waals surface area contributed by atoms with Crippen molar-refractivity contribution in [1.82, 2.24) is 18.7 Å². The Balaban J connectivity index is 1.75. The number of aromatic nitrogens is 4. The molecule has 1 unspecified atom stereocenters. The number of rotatable bonds is 9. The highest BCUT2D eigenvalue weighted by molar-refractivity contribution is 5.77. The van der Waals surface area contributed by atoms with Crippen molar-refractivity contribution in [2.24, 2.45) is 13.0 Å². The minimum absolute atomic E-state index is 0.233. The molecule has 2 aromatic heterocycles. The SMILES string of the molecule is CCCCCCCn1c(=O)c2c(nc3n2CC(C)CN3c2ccc(OCC)cc2)n(C)c1=O. The van der Waals surface area contributed by atoms with Crippen molar-refractivity contribution < 1.29 is 4.74 Å². The third kappa shape index (κ3) is 4.43. The van der Waals surface area contributed by atoms with Crippen LogP contribution in [0.4, 0.5) is 11.6 Å². The second kappa shape index (κ2) is 9.85. The van der Waals surface area contributed by atoms with Gasteiger partial charge in [-0.25, -0.2) is 4.79 Å². The summed E-state index contributed by atoms with van der Waals surface area (Å²) in [6.45, 7) is 8.86. The summed E-state index contributed by atoms with van der Waals surface area (Å²) in [5.74, 6) is 1.85. The van der Waals surface area contributed by atoms with E-state index in [1.54, 1.807) is 7.05 Å². The fourth-order valence-corrected chi connectivity index (χ4v) is 4.68. The predicted molar refractivity (Wildman–Crippen MR) is 132 cm³/mol. The van der Waals surface area contributed by atoms with Crippen molar-refractivity contribution in [3.05, 3.63) is 45.1 Å². The van der Waals surface area contributed by atoms with Crippen molar-refractivity contribution in [2.45, 2.75) is 66.0 Å². The topological polar surface area (TPSA) is 74.3 Å². The molecule has 0 saturated carbocycles. The Kier molecular flexibility index (Phi) is 6.91. The Labute approximate surface area is 194 Å². The quantitative estimate of drug-likeness (QED) is 0.457. The van der Waals surface area contributed by atoms with Crippen LogP contribution in [0.25, 0.3) is 11.2 Å². The second-order valence-corrected chi connectivity index (χ2v) is 9.05. The summed E-state index contributed by atoms with van der Waals surface area (Å²) in [5, 5.41) is 0. The monoisotopic (exact) mass is 453 g/mol. The molecule has 0 fully saturated rings. The number of anilines is 2. The number of hydrogen-bond acceptors (Lipinski definition) is 5. The summed E-state index contributed by atoms with van der Waals surface area (Å²) in [4.78, 5) is 33.4. The van der Waals surface area contributed by atoms with Gasteiger partial charge in [-0.3, -0.25) is 13.9 Å². The zero-order valence-corrected chi connectivity index (χ0v) is 20.2. The van der Waals surface area contributed by atoms with E-state index in [0.717, 1.165) is 37.2 Å². The van der Waals surface area contributed by atoms with Gasteiger partial charge in [-0.15, -0.1) is 0 Å². The van der Waals surface area contributed by atoms with Gasteiger partial charge in [0.25, 0.3) is 5.56 Å². The molecule has 3 aromatic rings. The zero-order chi connectivity index (χ0) is 23.5. The van der Waals surface area contributed by atoms with E-state index in [0.29, 0.717) is 42.7 Å². The number of nitrogens with zero attached hydrogens (tertiary/aromatic N) is 5. The molecule has 8 heteroatoms. The number of benzene rings is 1. The molecule has 33 heavy (non-hydrogen) atoms. The number of aryl methyl sites for hydroxylation is 1. The van der Waals surface area contributed by atoms with Gasteiger partial charge in [0, 0.05) is 32.4 Å². The maximum absolute atomic E-state index is 13.5. The molecule has 4 rings (SSSR count). The second-order valence-electron chi connectivity index (χ2n) is 9.05. The minimum atomic E-state index is -0.292. The first kappa shape index (κ1) is 23.1. The molecule has 3 heterocycles. The highest BCUT2D eigenvalue weighted by Gasteiger charge is 2.29. The molecular formula is C25H35N5O3. The Morgan fingerprint density at radius 2 is 1.76 bits per heavy atom. The van der Waals surface area contributed by atoms with Gasteiger partial charge in [0.1, 0.15) is 5.75 Å². The summed E-state index contributed by atoms with van der Waals surface area (Å²) in [7, 11) is 1.71. The Bertz CT molecular complexity index is 1220. The maximum atomic E-state index is 13.5. The molecule has 0 N–H and O–H groups in total. The summed E-state index contributed by atoms with van der Waals surface area (Å²) < 4.78 is 10.5. The maximum Gasteiger partial charge on any atom is 0.332 e. The fraction of sp³-hybridized carbons (Fsp3) is 0.560. The third-order valence-electron chi connectivity index (χ3n) is 6.39. The lowest BCUT2D eigenvalue weighted by Gasteiger charge is -2.33. The fourth-order valence-electron chi connectivity index (χ4n) is 4.68. The van der Waals surface area contributed by atoms with E-state index in [1.807, 2.05) is 35.8 Å². The van der Waals surface area contributed by atoms with Gasteiger partial charge in [-0.1, -0.05) is 39.5 Å². The lowest BCUT2D eigenvalue weighted by molar-refractivity contribution is 0.340. The molecule has 1 aliphatic heterocycles. The van der Waals surface area contributed by atoms with E-state index in [-0.39, 0.29) is 11.2 Å². The van der Waals surface area contributed by atoms with Gasteiger partial charge in [0.05, 0.1) is 6.61 Å². The van der Waals surface area contributed by atoms with Crippen molar-refractivity contribution in [3.63, 3.8) is 0 Å². The van der Waals surface area contributed by atoms with E-state index in [4.69, 9.17) is 9.72 Å². The standard InChI is InChI=1S/C25H35N5O3/c1-5-7-8-9-10-15-28-23(31)21-22(27(4)25(28)32)26-24-29(16-18(3)17-30(21)24)19-11-13-20(14-12-19)33-6-2/h11-14,18H,5-10,15-17H2,1-4H3. The van der Waals surface area contributed by atoms with E-state index in [1.165, 1.54) is 22.0 Å². The lowest BCUT2D eigenvalue weighted by atomic mass is 10.1. The van der Waals surface area contributed by atoms with Crippen LogP contribution in [0.5, 0.6) is 5.75 Å². The number of hydrogen-bond donors (Lipinski definition) is 0. The molecule has 0 saturated heterocycles. The van der Waals surface area contributed by atoms with Crippen LogP contribution in [0.3, 0.4) is 0 Å². The third-order valence-corrected chi connectivity index (χ3v) is 6.39. The number of unbranched alkanes of at least 4 members (excludes halogenated alkanes) is 4. The van der Waals surface area contributed by atoms with Crippen molar-refractivity contribution >= 4 is 22.8 Å². The van der Waals surface area contributed by atoms with E-state index < -0.39 is 0 Å². The van der Waals surface area contributed by atoms with E-state index in [9.17, 15) is 9.59 Å². The number of imidazole rings is 1. The first-order valence-electron chi connectivity index (χ1n) is 12.2. The molecule has 0 radical (unpaired) electrons. The van der Waals surface area contributed by atoms with Crippen LogP contribution in [0.15, 0.2) is 33.9 Å². The lowest BCUT2D eigenvalue weighted by Crippen LogP contribution is -2.40. The first-order valence-corrected chi connectivity index (χ1v) is 12.2. The average molecular weight is 454 g/mol. The van der Waals surface area contributed by atoms with Crippen LogP contribution in [-0.4, -0.2) is 31.8 Å². The van der Waals surface area contributed by atoms with Crippen LogP contribution in [0.2, 0.25) is 0 Å². The zero-order valence-electron chi connectivity index (χ0n) is 20.2. The van der Waals surface area contributed by atoms with Crippen LogP contribution >= 0.6 is 0 Å². The van der Waals surface area contributed by atoms with Gasteiger partial charge in [-0.05, 0) is 43.5 Å². The Hall–Kier alpha value is -3.03.